The molecule has 34 heavy (non-hydrogen) atoms. The number of hydrogen-bond acceptors (Lipinski definition) is 7. The van der Waals surface area contributed by atoms with E-state index in [1.165, 1.54) is 17.3 Å². The zero-order chi connectivity index (χ0) is 23.9. The third kappa shape index (κ3) is 4.38. The summed E-state index contributed by atoms with van der Waals surface area (Å²) >= 11 is 0. The van der Waals surface area contributed by atoms with E-state index < -0.39 is 9.73 Å². The molecule has 1 N–H and O–H groups in total. The van der Waals surface area contributed by atoms with Gasteiger partial charge in [0.25, 0.3) is 0 Å². The van der Waals surface area contributed by atoms with E-state index in [0.29, 0.717) is 23.0 Å². The minimum atomic E-state index is -2.31. The molecule has 8 nitrogen and oxygen atoms in total. The van der Waals surface area contributed by atoms with E-state index in [9.17, 15) is 9.47 Å². The average Bonchev–Trinajstić information content (AvgIpc) is 3.23. The molecule has 1 aliphatic rings. The van der Waals surface area contributed by atoms with Crippen molar-refractivity contribution in [3.63, 3.8) is 0 Å². The van der Waals surface area contributed by atoms with Gasteiger partial charge in [-0.1, -0.05) is 12.1 Å². The van der Waals surface area contributed by atoms with E-state index >= 15 is 0 Å². The maximum Gasteiger partial charge on any atom is 0.229 e. The molecule has 1 aliphatic heterocycles. The molecule has 2 aromatic carbocycles. The molecule has 5 rings (SSSR count). The van der Waals surface area contributed by atoms with E-state index in [1.807, 2.05) is 41.1 Å². The van der Waals surface area contributed by atoms with Crippen LogP contribution in [0.3, 0.4) is 0 Å². The Morgan fingerprint density at radius 1 is 1.18 bits per heavy atom. The molecule has 0 saturated carbocycles. The van der Waals surface area contributed by atoms with Gasteiger partial charge in [0, 0.05) is 52.6 Å². The van der Waals surface area contributed by atoms with E-state index in [4.69, 9.17) is 0 Å². The maximum atomic E-state index is 12.3. The summed E-state index contributed by atoms with van der Waals surface area (Å²) < 4.78 is 18.5. The first kappa shape index (κ1) is 22.1. The van der Waals surface area contributed by atoms with Crippen LogP contribution in [0.5, 0.6) is 0 Å². The fraction of sp³-hybridized carbons (Fsp3) is 0.240. The smallest absolute Gasteiger partial charge is 0.229 e. The monoisotopic (exact) mass is 471 g/mol. The molecule has 0 bridgehead atoms. The van der Waals surface area contributed by atoms with Gasteiger partial charge in [-0.3, -0.25) is 4.57 Å². The van der Waals surface area contributed by atoms with Crippen molar-refractivity contribution in [2.24, 2.45) is 4.36 Å². The Morgan fingerprint density at radius 2 is 2.03 bits per heavy atom. The molecular weight excluding hydrogens is 446 g/mol. The Labute approximate surface area is 199 Å². The molecule has 0 atom stereocenters. The second-order valence-corrected chi connectivity index (χ2v) is 11.4. The third-order valence-electron chi connectivity index (χ3n) is 5.81. The van der Waals surface area contributed by atoms with Crippen LogP contribution in [0.2, 0.25) is 0 Å². The molecule has 0 aliphatic carbocycles. The molecule has 0 spiro atoms. The molecule has 172 valence electrons. The molecule has 0 fully saturated rings. The number of benzene rings is 2. The van der Waals surface area contributed by atoms with Crippen LogP contribution in [0.1, 0.15) is 16.7 Å². The van der Waals surface area contributed by atoms with E-state index in [2.05, 4.69) is 49.8 Å². The van der Waals surface area contributed by atoms with Gasteiger partial charge in [0.15, 0.2) is 5.82 Å². The van der Waals surface area contributed by atoms with Gasteiger partial charge in [-0.25, -0.2) is 9.19 Å². The number of nitrogens with zero attached hydrogens (tertiary/aromatic N) is 6. The number of hydrogen-bond donors (Lipinski definition) is 1. The lowest BCUT2D eigenvalue weighted by Crippen LogP contribution is -2.26. The first-order valence-corrected chi connectivity index (χ1v) is 13.3. The highest BCUT2D eigenvalue weighted by molar-refractivity contribution is 7.92. The van der Waals surface area contributed by atoms with Crippen LogP contribution in [0, 0.1) is 11.3 Å². The number of likely N-dealkylation sites (N-methyl/N-ethyl adjacent to an activating group) is 1. The normalized spacial score (nSPS) is 13.9. The van der Waals surface area contributed by atoms with Crippen molar-refractivity contribution in [1.29, 1.82) is 5.26 Å². The summed E-state index contributed by atoms with van der Waals surface area (Å²) in [5.74, 6) is 0.879. The van der Waals surface area contributed by atoms with Gasteiger partial charge in [-0.2, -0.15) is 14.6 Å². The standard InChI is InChI=1S/C25H25N7OS/c1-31-11-9-17-7-8-20(13-18(17)16-31)28-25-27-15-19(14-26)24(29-25)32-12-10-21-22(30-34(2,3)33)5-4-6-23(21)32/h4-8,10,12-13,15H,9,11,16H2,1-3H3,(H,27,28,29). The molecule has 0 saturated heterocycles. The predicted molar refractivity (Wildman–Crippen MR) is 135 cm³/mol. The van der Waals surface area contributed by atoms with Crippen molar-refractivity contribution in [3.05, 3.63) is 71.5 Å². The van der Waals surface area contributed by atoms with Crippen LogP contribution in [0.4, 0.5) is 17.3 Å². The van der Waals surface area contributed by atoms with Gasteiger partial charge < -0.3 is 10.2 Å². The second-order valence-electron chi connectivity index (χ2n) is 8.81. The molecular formula is C25H25N7OS. The van der Waals surface area contributed by atoms with Crippen molar-refractivity contribution < 1.29 is 4.21 Å². The fourth-order valence-corrected chi connectivity index (χ4v) is 4.89. The molecule has 0 unspecified atom stereocenters. The van der Waals surface area contributed by atoms with Gasteiger partial charge in [-0.15, -0.1) is 0 Å². The third-order valence-corrected chi connectivity index (χ3v) is 6.45. The maximum absolute atomic E-state index is 12.3. The zero-order valence-electron chi connectivity index (χ0n) is 19.3. The number of anilines is 2. The number of nitrogens with one attached hydrogen (secondary N) is 1. The summed E-state index contributed by atoms with van der Waals surface area (Å²) in [4.78, 5) is 11.3. The summed E-state index contributed by atoms with van der Waals surface area (Å²) in [6.45, 7) is 1.98. The Bertz CT molecular complexity index is 1570. The van der Waals surface area contributed by atoms with Crippen molar-refractivity contribution >= 4 is 38.0 Å². The summed E-state index contributed by atoms with van der Waals surface area (Å²) in [6, 6.07) is 16.0. The topological polar surface area (TPSA) is 99.2 Å². The second kappa shape index (κ2) is 8.56. The average molecular weight is 472 g/mol. The van der Waals surface area contributed by atoms with Crippen molar-refractivity contribution in [2.75, 3.05) is 31.4 Å². The van der Waals surface area contributed by atoms with Gasteiger partial charge in [0.2, 0.25) is 5.95 Å². The summed E-state index contributed by atoms with van der Waals surface area (Å²) in [5.41, 5.74) is 5.40. The first-order chi connectivity index (χ1) is 16.3. The summed E-state index contributed by atoms with van der Waals surface area (Å²) in [6.07, 6.45) is 7.64. The highest BCUT2D eigenvalue weighted by atomic mass is 32.2. The summed E-state index contributed by atoms with van der Waals surface area (Å²) in [5, 5.41) is 13.8. The number of aromatic nitrogens is 3. The molecule has 2 aromatic heterocycles. The minimum absolute atomic E-state index is 0.354. The lowest BCUT2D eigenvalue weighted by Gasteiger charge is -2.25. The van der Waals surface area contributed by atoms with Gasteiger partial charge in [-0.05, 0) is 54.9 Å². The van der Waals surface area contributed by atoms with Crippen LogP contribution in [0.15, 0.2) is 59.2 Å². The Morgan fingerprint density at radius 3 is 2.82 bits per heavy atom. The van der Waals surface area contributed by atoms with Crippen molar-refractivity contribution in [1.82, 2.24) is 19.4 Å². The van der Waals surface area contributed by atoms with E-state index in [-0.39, 0.29) is 0 Å². The van der Waals surface area contributed by atoms with Crippen LogP contribution in [0.25, 0.3) is 16.7 Å². The van der Waals surface area contributed by atoms with Gasteiger partial charge in [0.1, 0.15) is 11.6 Å². The molecule has 0 amide bonds. The van der Waals surface area contributed by atoms with Crippen molar-refractivity contribution in [3.8, 4) is 11.9 Å². The highest BCUT2D eigenvalue weighted by Crippen LogP contribution is 2.30. The minimum Gasteiger partial charge on any atom is -0.324 e. The molecule has 9 heteroatoms. The SMILES string of the molecule is CN1CCc2ccc(Nc3ncc(C#N)c(-n4ccc5c(N=S(C)(C)=O)cccc54)n3)cc2C1. The fourth-order valence-electron chi connectivity index (χ4n) is 4.25. The predicted octanol–water partition coefficient (Wildman–Crippen LogP) is 4.38. The molecule has 3 heterocycles. The van der Waals surface area contributed by atoms with Crippen LogP contribution >= 0.6 is 0 Å². The highest BCUT2D eigenvalue weighted by Gasteiger charge is 2.16. The van der Waals surface area contributed by atoms with E-state index in [1.54, 1.807) is 12.5 Å². The molecule has 4 aromatic rings. The lowest BCUT2D eigenvalue weighted by molar-refractivity contribution is 0.313. The van der Waals surface area contributed by atoms with Crippen molar-refractivity contribution in [2.45, 2.75) is 13.0 Å². The van der Waals surface area contributed by atoms with Crippen LogP contribution < -0.4 is 5.32 Å². The van der Waals surface area contributed by atoms with Gasteiger partial charge in [0.05, 0.1) is 17.4 Å². The first-order valence-electron chi connectivity index (χ1n) is 10.9. The Kier molecular flexibility index (Phi) is 5.55. The summed E-state index contributed by atoms with van der Waals surface area (Å²) in [7, 11) is -0.190. The molecule has 0 radical (unpaired) electrons. The number of fused-ring (bicyclic) bond motifs is 2. The Hall–Kier alpha value is -3.74. The van der Waals surface area contributed by atoms with E-state index in [0.717, 1.165) is 36.1 Å². The van der Waals surface area contributed by atoms with Crippen LogP contribution in [-0.2, 0) is 22.7 Å². The quantitative estimate of drug-likeness (QED) is 0.474. The Balaban J connectivity index is 1.55. The van der Waals surface area contributed by atoms with Gasteiger partial charge >= 0.3 is 0 Å². The van der Waals surface area contributed by atoms with Crippen LogP contribution in [-0.4, -0.2) is 49.7 Å². The number of rotatable bonds is 4. The lowest BCUT2D eigenvalue weighted by atomic mass is 9.99. The number of nitriles is 1. The zero-order valence-corrected chi connectivity index (χ0v) is 20.1. The largest absolute Gasteiger partial charge is 0.324 e.